The molecule has 0 bridgehead atoms. The summed E-state index contributed by atoms with van der Waals surface area (Å²) >= 11 is 0. The Morgan fingerprint density at radius 1 is 1.11 bits per heavy atom. The van der Waals surface area contributed by atoms with Crippen LogP contribution in [0.15, 0.2) is 65.7 Å². The second-order valence-corrected chi connectivity index (χ2v) is 7.30. The SMILES string of the molecule is Cc1ccc([C@H](CC(=O)N2CCc3c(nc[nH]c3=O)C2)c2ccccc2)cc1. The van der Waals surface area contributed by atoms with Crippen molar-refractivity contribution in [2.24, 2.45) is 0 Å². The first kappa shape index (κ1) is 18.2. The molecule has 142 valence electrons. The average molecular weight is 373 g/mol. The van der Waals surface area contributed by atoms with Gasteiger partial charge in [-0.15, -0.1) is 0 Å². The molecule has 28 heavy (non-hydrogen) atoms. The van der Waals surface area contributed by atoms with Crippen molar-refractivity contribution in [1.29, 1.82) is 0 Å². The molecule has 2 aromatic carbocycles. The molecule has 1 aliphatic rings. The van der Waals surface area contributed by atoms with Gasteiger partial charge in [0.2, 0.25) is 5.91 Å². The molecule has 5 nitrogen and oxygen atoms in total. The molecule has 5 heteroatoms. The van der Waals surface area contributed by atoms with Crippen molar-refractivity contribution in [3.05, 3.63) is 99.2 Å². The highest BCUT2D eigenvalue weighted by Gasteiger charge is 2.26. The van der Waals surface area contributed by atoms with Crippen LogP contribution in [-0.2, 0) is 17.8 Å². The molecule has 0 radical (unpaired) electrons. The Morgan fingerprint density at radius 3 is 2.57 bits per heavy atom. The van der Waals surface area contributed by atoms with Crippen molar-refractivity contribution in [3.63, 3.8) is 0 Å². The van der Waals surface area contributed by atoms with E-state index in [9.17, 15) is 9.59 Å². The minimum Gasteiger partial charge on any atom is -0.336 e. The molecule has 0 saturated heterocycles. The number of fused-ring (bicyclic) bond motifs is 1. The zero-order valence-electron chi connectivity index (χ0n) is 15.9. The standard InChI is InChI=1S/C23H23N3O2/c1-16-7-9-18(10-8-16)20(17-5-3-2-4-6-17)13-22(27)26-12-11-19-21(14-26)24-15-25-23(19)28/h2-10,15,20H,11-14H2,1H3,(H,24,25,28)/t20-/m1/s1. The highest BCUT2D eigenvalue weighted by molar-refractivity contribution is 5.78. The van der Waals surface area contributed by atoms with Crippen LogP contribution in [0.1, 0.15) is 40.3 Å². The van der Waals surface area contributed by atoms with Gasteiger partial charge in [-0.25, -0.2) is 4.98 Å². The third-order valence-electron chi connectivity index (χ3n) is 5.42. The number of nitrogens with zero attached hydrogens (tertiary/aromatic N) is 2. The fourth-order valence-corrected chi connectivity index (χ4v) is 3.79. The van der Waals surface area contributed by atoms with Crippen LogP contribution in [0.5, 0.6) is 0 Å². The predicted octanol–water partition coefficient (Wildman–Crippen LogP) is 3.19. The van der Waals surface area contributed by atoms with Gasteiger partial charge in [-0.1, -0.05) is 60.2 Å². The minimum atomic E-state index is -0.0982. The maximum atomic E-state index is 13.1. The van der Waals surface area contributed by atoms with E-state index in [1.807, 2.05) is 23.1 Å². The van der Waals surface area contributed by atoms with E-state index in [-0.39, 0.29) is 17.4 Å². The molecule has 1 atom stereocenters. The van der Waals surface area contributed by atoms with Crippen molar-refractivity contribution in [1.82, 2.24) is 14.9 Å². The van der Waals surface area contributed by atoms with Crippen molar-refractivity contribution in [2.75, 3.05) is 6.54 Å². The van der Waals surface area contributed by atoms with Crippen LogP contribution in [0, 0.1) is 6.92 Å². The van der Waals surface area contributed by atoms with Crippen molar-refractivity contribution in [2.45, 2.75) is 32.2 Å². The zero-order chi connectivity index (χ0) is 19.5. The highest BCUT2D eigenvalue weighted by Crippen LogP contribution is 2.29. The number of H-pyrrole nitrogens is 1. The first-order chi connectivity index (χ1) is 13.6. The summed E-state index contributed by atoms with van der Waals surface area (Å²) in [7, 11) is 0. The van der Waals surface area contributed by atoms with Crippen molar-refractivity contribution in [3.8, 4) is 0 Å². The lowest BCUT2D eigenvalue weighted by Gasteiger charge is -2.29. The van der Waals surface area contributed by atoms with Crippen LogP contribution in [0.4, 0.5) is 0 Å². The summed E-state index contributed by atoms with van der Waals surface area (Å²) in [4.78, 5) is 33.7. The number of amides is 1. The van der Waals surface area contributed by atoms with Gasteiger partial charge in [0, 0.05) is 24.4 Å². The van der Waals surface area contributed by atoms with Crippen LogP contribution in [-0.4, -0.2) is 27.3 Å². The van der Waals surface area contributed by atoms with E-state index >= 15 is 0 Å². The molecule has 1 aromatic heterocycles. The number of carbonyl (C=O) groups is 1. The maximum Gasteiger partial charge on any atom is 0.254 e. The number of carbonyl (C=O) groups excluding carboxylic acids is 1. The fourth-order valence-electron chi connectivity index (χ4n) is 3.79. The third kappa shape index (κ3) is 3.74. The maximum absolute atomic E-state index is 13.1. The molecular weight excluding hydrogens is 350 g/mol. The van der Waals surface area contributed by atoms with Gasteiger partial charge in [0.05, 0.1) is 18.6 Å². The largest absolute Gasteiger partial charge is 0.336 e. The molecule has 0 unspecified atom stereocenters. The fraction of sp³-hybridized carbons (Fsp3) is 0.261. The van der Waals surface area contributed by atoms with E-state index < -0.39 is 0 Å². The first-order valence-electron chi connectivity index (χ1n) is 9.56. The summed E-state index contributed by atoms with van der Waals surface area (Å²) < 4.78 is 0. The van der Waals surface area contributed by atoms with Gasteiger partial charge < -0.3 is 9.88 Å². The van der Waals surface area contributed by atoms with Gasteiger partial charge in [0.25, 0.3) is 5.56 Å². The Labute approximate surface area is 164 Å². The van der Waals surface area contributed by atoms with E-state index in [0.717, 1.165) is 11.1 Å². The number of hydrogen-bond acceptors (Lipinski definition) is 3. The highest BCUT2D eigenvalue weighted by atomic mass is 16.2. The summed E-state index contributed by atoms with van der Waals surface area (Å²) in [6, 6.07) is 18.5. The minimum absolute atomic E-state index is 0.00262. The van der Waals surface area contributed by atoms with Crippen LogP contribution >= 0.6 is 0 Å². The lowest BCUT2D eigenvalue weighted by Crippen LogP contribution is -2.39. The molecule has 1 amide bonds. The van der Waals surface area contributed by atoms with Gasteiger partial charge >= 0.3 is 0 Å². The summed E-state index contributed by atoms with van der Waals surface area (Å²) in [5.74, 6) is 0.0880. The molecular formula is C23H23N3O2. The molecule has 0 fully saturated rings. The number of nitrogens with one attached hydrogen (secondary N) is 1. The summed E-state index contributed by atoms with van der Waals surface area (Å²) in [6.45, 7) is 3.01. The van der Waals surface area contributed by atoms with Crippen LogP contribution < -0.4 is 5.56 Å². The Balaban J connectivity index is 1.58. The number of aromatic nitrogens is 2. The quantitative estimate of drug-likeness (QED) is 0.764. The first-order valence-corrected chi connectivity index (χ1v) is 9.56. The van der Waals surface area contributed by atoms with Gasteiger partial charge in [0.15, 0.2) is 0 Å². The van der Waals surface area contributed by atoms with E-state index in [4.69, 9.17) is 0 Å². The Kier molecular flexibility index (Phi) is 5.06. The Hall–Kier alpha value is -3.21. The summed E-state index contributed by atoms with van der Waals surface area (Å²) in [6.07, 6.45) is 2.35. The monoisotopic (exact) mass is 373 g/mol. The zero-order valence-corrected chi connectivity index (χ0v) is 15.9. The van der Waals surface area contributed by atoms with Crippen LogP contribution in [0.2, 0.25) is 0 Å². The summed E-state index contributed by atoms with van der Waals surface area (Å²) in [5.41, 5.74) is 4.77. The Bertz CT molecular complexity index is 1030. The molecule has 1 aliphatic heterocycles. The number of benzene rings is 2. The van der Waals surface area contributed by atoms with Gasteiger partial charge in [0.1, 0.15) is 0 Å². The van der Waals surface area contributed by atoms with Crippen LogP contribution in [0.25, 0.3) is 0 Å². The molecule has 1 N–H and O–H groups in total. The van der Waals surface area contributed by atoms with Gasteiger partial charge in [-0.2, -0.15) is 0 Å². The predicted molar refractivity (Wildman–Crippen MR) is 108 cm³/mol. The van der Waals surface area contributed by atoms with Crippen molar-refractivity contribution >= 4 is 5.91 Å². The molecule has 3 aromatic rings. The van der Waals surface area contributed by atoms with E-state index in [1.54, 1.807) is 0 Å². The van der Waals surface area contributed by atoms with Gasteiger partial charge in [-0.05, 0) is 24.5 Å². The topological polar surface area (TPSA) is 66.1 Å². The molecule has 0 aliphatic carbocycles. The second-order valence-electron chi connectivity index (χ2n) is 7.30. The average Bonchev–Trinajstić information content (AvgIpc) is 2.73. The molecule has 2 heterocycles. The Morgan fingerprint density at radius 2 is 1.82 bits per heavy atom. The second kappa shape index (κ2) is 7.80. The molecule has 0 saturated carbocycles. The number of hydrogen-bond donors (Lipinski definition) is 1. The molecule has 4 rings (SSSR count). The van der Waals surface area contributed by atoms with Crippen molar-refractivity contribution < 1.29 is 4.79 Å². The lowest BCUT2D eigenvalue weighted by molar-refractivity contribution is -0.132. The smallest absolute Gasteiger partial charge is 0.254 e. The number of aromatic amines is 1. The molecule has 0 spiro atoms. The number of rotatable bonds is 4. The normalized spacial score (nSPS) is 14.4. The number of aryl methyl sites for hydroxylation is 1. The lowest BCUT2D eigenvalue weighted by atomic mass is 9.87. The van der Waals surface area contributed by atoms with Gasteiger partial charge in [-0.3, -0.25) is 9.59 Å². The van der Waals surface area contributed by atoms with E-state index in [2.05, 4.69) is 53.3 Å². The van der Waals surface area contributed by atoms with E-state index in [1.165, 1.54) is 11.9 Å². The summed E-state index contributed by atoms with van der Waals surface area (Å²) in [5, 5.41) is 0. The third-order valence-corrected chi connectivity index (χ3v) is 5.42. The van der Waals surface area contributed by atoms with Crippen LogP contribution in [0.3, 0.4) is 0 Å². The van der Waals surface area contributed by atoms with E-state index in [0.29, 0.717) is 37.2 Å².